The summed E-state index contributed by atoms with van der Waals surface area (Å²) in [6.45, 7) is 4.28. The van der Waals surface area contributed by atoms with Crippen molar-refractivity contribution in [3.63, 3.8) is 0 Å². The summed E-state index contributed by atoms with van der Waals surface area (Å²) >= 11 is 1.81. The molecule has 4 heteroatoms. The van der Waals surface area contributed by atoms with E-state index in [2.05, 4.69) is 46.6 Å². The number of nitrogens with zero attached hydrogens (tertiary/aromatic N) is 1. The van der Waals surface area contributed by atoms with Crippen LogP contribution in [0.15, 0.2) is 59.5 Å². The van der Waals surface area contributed by atoms with Gasteiger partial charge in [0.05, 0.1) is 0 Å². The van der Waals surface area contributed by atoms with E-state index in [1.165, 1.54) is 42.8 Å². The van der Waals surface area contributed by atoms with E-state index in [1.807, 2.05) is 30.0 Å². The molecule has 1 fully saturated rings. The maximum absolute atomic E-state index is 12.3. The van der Waals surface area contributed by atoms with Crippen molar-refractivity contribution < 1.29 is 4.79 Å². The molecular formula is C22H28N2OS. The Morgan fingerprint density at radius 2 is 1.69 bits per heavy atom. The maximum atomic E-state index is 12.3. The first-order valence-corrected chi connectivity index (χ1v) is 10.6. The predicted octanol–water partition coefficient (Wildman–Crippen LogP) is 4.58. The van der Waals surface area contributed by atoms with E-state index < -0.39 is 0 Å². The molecule has 1 amide bonds. The molecule has 3 nitrogen and oxygen atoms in total. The average molecular weight is 369 g/mol. The fourth-order valence-electron chi connectivity index (χ4n) is 3.23. The van der Waals surface area contributed by atoms with Crippen LogP contribution in [0.5, 0.6) is 0 Å². The minimum Gasteiger partial charge on any atom is -0.352 e. The van der Waals surface area contributed by atoms with Crippen LogP contribution < -0.4 is 5.32 Å². The highest BCUT2D eigenvalue weighted by atomic mass is 32.2. The Bertz CT molecular complexity index is 666. The highest BCUT2D eigenvalue weighted by molar-refractivity contribution is 7.98. The summed E-state index contributed by atoms with van der Waals surface area (Å²) in [6, 6.07) is 18.4. The van der Waals surface area contributed by atoms with Gasteiger partial charge in [0.2, 0.25) is 0 Å². The van der Waals surface area contributed by atoms with Crippen molar-refractivity contribution in [2.24, 2.45) is 0 Å². The number of rotatable bonds is 8. The lowest BCUT2D eigenvalue weighted by atomic mass is 10.1. The minimum absolute atomic E-state index is 0.0332. The van der Waals surface area contributed by atoms with E-state index >= 15 is 0 Å². The summed E-state index contributed by atoms with van der Waals surface area (Å²) in [5.41, 5.74) is 1.98. The van der Waals surface area contributed by atoms with Crippen LogP contribution in [0.2, 0.25) is 0 Å². The predicted molar refractivity (Wildman–Crippen MR) is 110 cm³/mol. The van der Waals surface area contributed by atoms with Crippen molar-refractivity contribution in [1.29, 1.82) is 0 Å². The minimum atomic E-state index is 0.0332. The number of hydrogen-bond acceptors (Lipinski definition) is 3. The molecule has 0 unspecified atom stereocenters. The molecular weight excluding hydrogens is 340 g/mol. The molecule has 0 radical (unpaired) electrons. The Hall–Kier alpha value is -1.78. The smallest absolute Gasteiger partial charge is 0.251 e. The molecule has 2 aromatic carbocycles. The Kier molecular flexibility index (Phi) is 7.59. The number of amides is 1. The number of likely N-dealkylation sites (tertiary alicyclic amines) is 1. The third-order valence-electron chi connectivity index (χ3n) is 4.75. The monoisotopic (exact) mass is 368 g/mol. The Morgan fingerprint density at radius 3 is 2.42 bits per heavy atom. The topological polar surface area (TPSA) is 32.3 Å². The molecule has 0 spiro atoms. The number of thioether (sulfide) groups is 1. The molecule has 1 heterocycles. The Morgan fingerprint density at radius 1 is 0.962 bits per heavy atom. The largest absolute Gasteiger partial charge is 0.352 e. The second-order valence-electron chi connectivity index (χ2n) is 6.81. The van der Waals surface area contributed by atoms with Crippen LogP contribution in [0, 0.1) is 0 Å². The van der Waals surface area contributed by atoms with Crippen LogP contribution in [0.3, 0.4) is 0 Å². The van der Waals surface area contributed by atoms with Gasteiger partial charge in [-0.15, -0.1) is 11.8 Å². The zero-order valence-electron chi connectivity index (χ0n) is 15.3. The summed E-state index contributed by atoms with van der Waals surface area (Å²) < 4.78 is 0. The van der Waals surface area contributed by atoms with Gasteiger partial charge in [-0.1, -0.05) is 36.8 Å². The number of nitrogens with one attached hydrogen (secondary N) is 1. The highest BCUT2D eigenvalue weighted by Gasteiger charge is 2.10. The molecule has 1 N–H and O–H groups in total. The molecule has 1 aliphatic heterocycles. The SMILES string of the molecule is O=C(NCCCN1CCCCC1)c1ccc(CSc2ccccc2)cc1. The highest BCUT2D eigenvalue weighted by Crippen LogP contribution is 2.22. The summed E-state index contributed by atoms with van der Waals surface area (Å²) in [5.74, 6) is 0.952. The molecule has 0 saturated carbocycles. The van der Waals surface area contributed by atoms with Crippen molar-refractivity contribution in [2.45, 2.75) is 36.3 Å². The summed E-state index contributed by atoms with van der Waals surface area (Å²) in [4.78, 5) is 16.0. The molecule has 0 atom stereocenters. The Balaban J connectivity index is 1.37. The second kappa shape index (κ2) is 10.4. The van der Waals surface area contributed by atoms with Crippen LogP contribution in [0.1, 0.15) is 41.6 Å². The summed E-state index contributed by atoms with van der Waals surface area (Å²) in [7, 11) is 0. The van der Waals surface area contributed by atoms with E-state index in [4.69, 9.17) is 0 Å². The second-order valence-corrected chi connectivity index (χ2v) is 7.86. The third kappa shape index (κ3) is 6.19. The third-order valence-corrected chi connectivity index (χ3v) is 5.83. The molecule has 1 saturated heterocycles. The summed E-state index contributed by atoms with van der Waals surface area (Å²) in [5, 5.41) is 3.05. The van der Waals surface area contributed by atoms with Gasteiger partial charge < -0.3 is 10.2 Å². The van der Waals surface area contributed by atoms with E-state index in [9.17, 15) is 4.79 Å². The lowest BCUT2D eigenvalue weighted by Crippen LogP contribution is -2.33. The van der Waals surface area contributed by atoms with Gasteiger partial charge in [0.15, 0.2) is 0 Å². The van der Waals surface area contributed by atoms with Crippen LogP contribution in [-0.2, 0) is 5.75 Å². The Labute approximate surface area is 161 Å². The standard InChI is InChI=1S/C22H28N2OS/c25-22(23-14-7-17-24-15-5-2-6-16-24)20-12-10-19(11-13-20)18-26-21-8-3-1-4-9-21/h1,3-4,8-13H,2,5-7,14-18H2,(H,23,25). The molecule has 2 aromatic rings. The molecule has 1 aliphatic rings. The molecule has 0 aliphatic carbocycles. The normalized spacial score (nSPS) is 14.9. The van der Waals surface area contributed by atoms with Crippen molar-refractivity contribution in [2.75, 3.05) is 26.2 Å². The zero-order valence-corrected chi connectivity index (χ0v) is 16.1. The van der Waals surface area contributed by atoms with Gasteiger partial charge in [-0.05, 0) is 68.7 Å². The zero-order chi connectivity index (χ0) is 18.0. The first-order valence-electron chi connectivity index (χ1n) is 9.58. The van der Waals surface area contributed by atoms with Crippen molar-refractivity contribution in [1.82, 2.24) is 10.2 Å². The number of benzene rings is 2. The van der Waals surface area contributed by atoms with E-state index in [1.54, 1.807) is 0 Å². The molecule has 0 bridgehead atoms. The lowest BCUT2D eigenvalue weighted by molar-refractivity contribution is 0.0951. The maximum Gasteiger partial charge on any atom is 0.251 e. The molecule has 0 aromatic heterocycles. The first-order chi connectivity index (χ1) is 12.8. The van der Waals surface area contributed by atoms with E-state index in [0.717, 1.165) is 30.8 Å². The molecule has 3 rings (SSSR count). The van der Waals surface area contributed by atoms with E-state index in [-0.39, 0.29) is 5.91 Å². The van der Waals surface area contributed by atoms with Crippen molar-refractivity contribution in [3.05, 3.63) is 65.7 Å². The van der Waals surface area contributed by atoms with Gasteiger partial charge in [-0.3, -0.25) is 4.79 Å². The average Bonchev–Trinajstić information content (AvgIpc) is 2.71. The van der Waals surface area contributed by atoms with Gasteiger partial charge in [0.25, 0.3) is 5.91 Å². The first kappa shape index (κ1) is 19.0. The number of carbonyl (C=O) groups is 1. The van der Waals surface area contributed by atoms with Gasteiger partial charge in [-0.2, -0.15) is 0 Å². The van der Waals surface area contributed by atoms with Crippen molar-refractivity contribution >= 4 is 17.7 Å². The molecule has 138 valence electrons. The summed E-state index contributed by atoms with van der Waals surface area (Å²) in [6.07, 6.45) is 5.03. The van der Waals surface area contributed by atoms with Crippen LogP contribution in [0.25, 0.3) is 0 Å². The van der Waals surface area contributed by atoms with Crippen LogP contribution in [-0.4, -0.2) is 37.0 Å². The lowest BCUT2D eigenvalue weighted by Gasteiger charge is -2.26. The van der Waals surface area contributed by atoms with Crippen LogP contribution in [0.4, 0.5) is 0 Å². The number of hydrogen-bond donors (Lipinski definition) is 1. The quantitative estimate of drug-likeness (QED) is 0.546. The van der Waals surface area contributed by atoms with Gasteiger partial charge >= 0.3 is 0 Å². The number of carbonyl (C=O) groups excluding carboxylic acids is 1. The van der Waals surface area contributed by atoms with Crippen LogP contribution >= 0.6 is 11.8 Å². The number of piperidine rings is 1. The molecule has 26 heavy (non-hydrogen) atoms. The van der Waals surface area contributed by atoms with Gasteiger partial charge in [0, 0.05) is 22.8 Å². The van der Waals surface area contributed by atoms with E-state index in [0.29, 0.717) is 0 Å². The fraction of sp³-hybridized carbons (Fsp3) is 0.409. The van der Waals surface area contributed by atoms with Crippen molar-refractivity contribution in [3.8, 4) is 0 Å². The van der Waals surface area contributed by atoms with Gasteiger partial charge in [0.1, 0.15) is 0 Å². The van der Waals surface area contributed by atoms with Gasteiger partial charge in [-0.25, -0.2) is 0 Å². The fourth-order valence-corrected chi connectivity index (χ4v) is 4.10.